The Labute approximate surface area is 119 Å². The van der Waals surface area contributed by atoms with Crippen LogP contribution in [-0.2, 0) is 13.0 Å². The van der Waals surface area contributed by atoms with Gasteiger partial charge in [-0.15, -0.1) is 0 Å². The van der Waals surface area contributed by atoms with Crippen molar-refractivity contribution in [2.75, 3.05) is 11.4 Å². The number of amides is 1. The smallest absolute Gasteiger partial charge is 0.258 e. The second kappa shape index (κ2) is 5.10. The molecule has 0 bridgehead atoms. The largest absolute Gasteiger partial charge is 0.326 e. The summed E-state index contributed by atoms with van der Waals surface area (Å²) >= 11 is 0. The first kappa shape index (κ1) is 12.9. The van der Waals surface area contributed by atoms with E-state index in [4.69, 9.17) is 5.73 Å². The molecular weight excluding hydrogens is 248 g/mol. The lowest BCUT2D eigenvalue weighted by molar-refractivity contribution is 0.0989. The van der Waals surface area contributed by atoms with Gasteiger partial charge >= 0.3 is 0 Å². The van der Waals surface area contributed by atoms with Crippen molar-refractivity contribution in [2.24, 2.45) is 5.73 Å². The molecule has 0 unspecified atom stereocenters. The number of carbonyl (C=O) groups excluding carboxylic acids is 1. The van der Waals surface area contributed by atoms with E-state index in [1.807, 2.05) is 48.2 Å². The molecule has 0 atom stereocenters. The van der Waals surface area contributed by atoms with E-state index in [2.05, 4.69) is 6.07 Å². The van der Waals surface area contributed by atoms with Crippen molar-refractivity contribution in [1.82, 2.24) is 0 Å². The first-order chi connectivity index (χ1) is 9.69. The summed E-state index contributed by atoms with van der Waals surface area (Å²) in [6.45, 7) is 3.27. The molecule has 2 N–H and O–H groups in total. The number of benzene rings is 2. The maximum Gasteiger partial charge on any atom is 0.258 e. The van der Waals surface area contributed by atoms with Gasteiger partial charge in [0.05, 0.1) is 0 Å². The van der Waals surface area contributed by atoms with Gasteiger partial charge in [0, 0.05) is 24.3 Å². The molecule has 0 saturated heterocycles. The van der Waals surface area contributed by atoms with Crippen LogP contribution in [0.4, 0.5) is 5.69 Å². The lowest BCUT2D eigenvalue weighted by Gasteiger charge is -2.18. The van der Waals surface area contributed by atoms with Gasteiger partial charge in [-0.2, -0.15) is 0 Å². The Morgan fingerprint density at radius 1 is 1.20 bits per heavy atom. The lowest BCUT2D eigenvalue weighted by Crippen LogP contribution is -2.28. The molecule has 0 aliphatic carbocycles. The molecule has 0 saturated carbocycles. The van der Waals surface area contributed by atoms with Gasteiger partial charge in [-0.05, 0) is 42.7 Å². The fourth-order valence-electron chi connectivity index (χ4n) is 2.61. The fourth-order valence-corrected chi connectivity index (χ4v) is 2.61. The summed E-state index contributed by atoms with van der Waals surface area (Å²) in [6, 6.07) is 13.9. The Bertz CT molecular complexity index is 647. The van der Waals surface area contributed by atoms with Gasteiger partial charge in [0.15, 0.2) is 0 Å². The minimum atomic E-state index is 0.0675. The molecule has 3 nitrogen and oxygen atoms in total. The highest BCUT2D eigenvalue weighted by Crippen LogP contribution is 2.30. The highest BCUT2D eigenvalue weighted by Gasteiger charge is 2.25. The first-order valence-electron chi connectivity index (χ1n) is 6.89. The van der Waals surface area contributed by atoms with Crippen LogP contribution in [0.3, 0.4) is 0 Å². The number of fused-ring (bicyclic) bond motifs is 1. The Hall–Kier alpha value is -2.13. The minimum absolute atomic E-state index is 0.0675. The number of anilines is 1. The maximum absolute atomic E-state index is 12.6. The van der Waals surface area contributed by atoms with Crippen molar-refractivity contribution in [3.8, 4) is 0 Å². The number of rotatable bonds is 2. The standard InChI is InChI=1S/C17H18N2O/c1-12-2-5-15(6-3-12)17(20)19-9-8-14-7-4-13(11-18)10-16(14)19/h2-7,10H,8-9,11,18H2,1H3. The van der Waals surface area contributed by atoms with Gasteiger partial charge < -0.3 is 10.6 Å². The SMILES string of the molecule is Cc1ccc(C(=O)N2CCc3ccc(CN)cc32)cc1. The van der Waals surface area contributed by atoms with Crippen molar-refractivity contribution in [2.45, 2.75) is 19.9 Å². The molecule has 1 aliphatic heterocycles. The maximum atomic E-state index is 12.6. The Morgan fingerprint density at radius 3 is 2.65 bits per heavy atom. The predicted molar refractivity (Wildman–Crippen MR) is 80.9 cm³/mol. The number of hydrogen-bond acceptors (Lipinski definition) is 2. The van der Waals surface area contributed by atoms with Gasteiger partial charge in [0.2, 0.25) is 0 Å². The normalized spacial score (nSPS) is 13.4. The average molecular weight is 266 g/mol. The van der Waals surface area contributed by atoms with Crippen molar-refractivity contribution in [1.29, 1.82) is 0 Å². The third kappa shape index (κ3) is 2.21. The number of hydrogen-bond donors (Lipinski definition) is 1. The van der Waals surface area contributed by atoms with Crippen LogP contribution in [0.2, 0.25) is 0 Å². The van der Waals surface area contributed by atoms with E-state index in [1.54, 1.807) is 0 Å². The van der Waals surface area contributed by atoms with E-state index in [1.165, 1.54) is 5.56 Å². The van der Waals surface area contributed by atoms with Crippen molar-refractivity contribution < 1.29 is 4.79 Å². The van der Waals surface area contributed by atoms with Crippen LogP contribution in [0.1, 0.15) is 27.0 Å². The molecule has 1 heterocycles. The minimum Gasteiger partial charge on any atom is -0.326 e. The van der Waals surface area contributed by atoms with Crippen LogP contribution in [0.25, 0.3) is 0 Å². The van der Waals surface area contributed by atoms with Crippen LogP contribution >= 0.6 is 0 Å². The molecule has 1 amide bonds. The van der Waals surface area contributed by atoms with Crippen LogP contribution in [0.5, 0.6) is 0 Å². The van der Waals surface area contributed by atoms with Crippen LogP contribution < -0.4 is 10.6 Å². The lowest BCUT2D eigenvalue weighted by atomic mass is 10.1. The zero-order chi connectivity index (χ0) is 14.1. The summed E-state index contributed by atoms with van der Waals surface area (Å²) in [4.78, 5) is 14.5. The summed E-state index contributed by atoms with van der Waals surface area (Å²) in [5, 5.41) is 0. The third-order valence-electron chi connectivity index (χ3n) is 3.82. The quantitative estimate of drug-likeness (QED) is 0.908. The molecule has 0 aromatic heterocycles. The monoisotopic (exact) mass is 266 g/mol. The molecular formula is C17H18N2O. The number of aryl methyl sites for hydroxylation is 1. The molecule has 20 heavy (non-hydrogen) atoms. The van der Waals surface area contributed by atoms with Gasteiger partial charge in [-0.25, -0.2) is 0 Å². The molecule has 3 heteroatoms. The topological polar surface area (TPSA) is 46.3 Å². The van der Waals surface area contributed by atoms with Gasteiger partial charge in [0.1, 0.15) is 0 Å². The summed E-state index contributed by atoms with van der Waals surface area (Å²) in [5.41, 5.74) is 10.9. The zero-order valence-corrected chi connectivity index (χ0v) is 11.6. The molecule has 2 aromatic rings. The molecule has 0 radical (unpaired) electrons. The molecule has 0 fully saturated rings. The van der Waals surface area contributed by atoms with E-state index >= 15 is 0 Å². The second-order valence-electron chi connectivity index (χ2n) is 5.24. The van der Waals surface area contributed by atoms with Gasteiger partial charge in [-0.3, -0.25) is 4.79 Å². The van der Waals surface area contributed by atoms with Crippen molar-refractivity contribution in [3.63, 3.8) is 0 Å². The first-order valence-corrected chi connectivity index (χ1v) is 6.89. The van der Waals surface area contributed by atoms with E-state index in [0.717, 1.165) is 35.3 Å². The molecule has 0 spiro atoms. The third-order valence-corrected chi connectivity index (χ3v) is 3.82. The summed E-state index contributed by atoms with van der Waals surface area (Å²) < 4.78 is 0. The van der Waals surface area contributed by atoms with Crippen LogP contribution in [0, 0.1) is 6.92 Å². The highest BCUT2D eigenvalue weighted by atomic mass is 16.2. The average Bonchev–Trinajstić information content (AvgIpc) is 2.90. The second-order valence-corrected chi connectivity index (χ2v) is 5.24. The Kier molecular flexibility index (Phi) is 3.28. The zero-order valence-electron chi connectivity index (χ0n) is 11.6. The van der Waals surface area contributed by atoms with E-state index in [-0.39, 0.29) is 5.91 Å². The van der Waals surface area contributed by atoms with E-state index in [0.29, 0.717) is 6.54 Å². The molecule has 2 aromatic carbocycles. The Morgan fingerprint density at radius 2 is 1.95 bits per heavy atom. The predicted octanol–water partition coefficient (Wildman–Crippen LogP) is 2.66. The van der Waals surface area contributed by atoms with Gasteiger partial charge in [0.25, 0.3) is 5.91 Å². The van der Waals surface area contributed by atoms with Crippen LogP contribution in [-0.4, -0.2) is 12.5 Å². The summed E-state index contributed by atoms with van der Waals surface area (Å²) in [6.07, 6.45) is 0.914. The number of nitrogens with two attached hydrogens (primary N) is 1. The molecule has 102 valence electrons. The van der Waals surface area contributed by atoms with Gasteiger partial charge in [-0.1, -0.05) is 29.8 Å². The molecule has 3 rings (SSSR count). The summed E-state index contributed by atoms with van der Waals surface area (Å²) in [5.74, 6) is 0.0675. The number of carbonyl (C=O) groups is 1. The fraction of sp³-hybridized carbons (Fsp3) is 0.235. The van der Waals surface area contributed by atoms with E-state index < -0.39 is 0 Å². The Balaban J connectivity index is 1.94. The van der Waals surface area contributed by atoms with E-state index in [9.17, 15) is 4.79 Å². The number of nitrogens with zero attached hydrogens (tertiary/aromatic N) is 1. The van der Waals surface area contributed by atoms with Crippen LogP contribution in [0.15, 0.2) is 42.5 Å². The molecule has 1 aliphatic rings. The highest BCUT2D eigenvalue weighted by molar-refractivity contribution is 6.07. The van der Waals surface area contributed by atoms with Crippen molar-refractivity contribution in [3.05, 3.63) is 64.7 Å². The summed E-state index contributed by atoms with van der Waals surface area (Å²) in [7, 11) is 0. The van der Waals surface area contributed by atoms with Crippen molar-refractivity contribution >= 4 is 11.6 Å².